The molecule has 2 heterocycles. The second-order valence-electron chi connectivity index (χ2n) is 6.16. The van der Waals surface area contributed by atoms with Crippen LogP contribution in [0.4, 0.5) is 4.39 Å². The van der Waals surface area contributed by atoms with Crippen molar-refractivity contribution in [2.24, 2.45) is 5.73 Å². The average molecular weight is 358 g/mol. The standard InChI is InChI=1S/C21H15FN4O/c22-17-10-9-13(12-23)25-19(17)11-18(24)14-5-1-2-6-15(14)21-16-7-3-4-8-20(16)27-26-21/h1-10,18H,11,24H2/t18-/m0/s1. The van der Waals surface area contributed by atoms with Crippen molar-refractivity contribution in [3.8, 4) is 17.3 Å². The Bertz CT molecular complexity index is 1160. The van der Waals surface area contributed by atoms with E-state index >= 15 is 0 Å². The topological polar surface area (TPSA) is 88.7 Å². The first-order valence-electron chi connectivity index (χ1n) is 8.42. The van der Waals surface area contributed by atoms with Gasteiger partial charge in [0.25, 0.3) is 0 Å². The maximum atomic E-state index is 14.1. The van der Waals surface area contributed by atoms with Crippen molar-refractivity contribution >= 4 is 11.0 Å². The van der Waals surface area contributed by atoms with Gasteiger partial charge in [-0.15, -0.1) is 0 Å². The smallest absolute Gasteiger partial charge is 0.167 e. The zero-order valence-corrected chi connectivity index (χ0v) is 14.3. The molecule has 0 fully saturated rings. The molecule has 0 aliphatic carbocycles. The number of aromatic nitrogens is 2. The number of fused-ring (bicyclic) bond motifs is 1. The van der Waals surface area contributed by atoms with Gasteiger partial charge < -0.3 is 10.3 Å². The summed E-state index contributed by atoms with van der Waals surface area (Å²) in [4.78, 5) is 4.05. The largest absolute Gasteiger partial charge is 0.356 e. The molecule has 27 heavy (non-hydrogen) atoms. The van der Waals surface area contributed by atoms with Crippen LogP contribution in [0.2, 0.25) is 0 Å². The van der Waals surface area contributed by atoms with Crippen LogP contribution in [0.25, 0.3) is 22.2 Å². The second-order valence-corrected chi connectivity index (χ2v) is 6.16. The van der Waals surface area contributed by atoms with Crippen molar-refractivity contribution in [3.63, 3.8) is 0 Å². The average Bonchev–Trinajstić information content (AvgIpc) is 3.13. The molecule has 0 amide bonds. The van der Waals surface area contributed by atoms with Crippen molar-refractivity contribution in [2.75, 3.05) is 0 Å². The number of hydrogen-bond acceptors (Lipinski definition) is 5. The lowest BCUT2D eigenvalue weighted by atomic mass is 9.94. The molecule has 6 heteroatoms. The first-order chi connectivity index (χ1) is 13.2. The minimum Gasteiger partial charge on any atom is -0.356 e. The fourth-order valence-corrected chi connectivity index (χ4v) is 3.12. The molecule has 0 spiro atoms. The fourth-order valence-electron chi connectivity index (χ4n) is 3.12. The molecule has 0 aliphatic rings. The molecule has 4 aromatic rings. The maximum absolute atomic E-state index is 14.1. The van der Waals surface area contributed by atoms with Gasteiger partial charge in [-0.2, -0.15) is 5.26 Å². The minimum atomic E-state index is -0.521. The van der Waals surface area contributed by atoms with Gasteiger partial charge >= 0.3 is 0 Å². The summed E-state index contributed by atoms with van der Waals surface area (Å²) in [6, 6.07) is 19.1. The molecule has 2 aromatic carbocycles. The fraction of sp³-hybridized carbons (Fsp3) is 0.0952. The Hall–Kier alpha value is -3.56. The Labute approximate surface area is 154 Å². The van der Waals surface area contributed by atoms with Crippen LogP contribution in [0.1, 0.15) is 23.0 Å². The Kier molecular flexibility index (Phi) is 4.37. The van der Waals surface area contributed by atoms with E-state index < -0.39 is 11.9 Å². The Morgan fingerprint density at radius 1 is 1.07 bits per heavy atom. The zero-order chi connectivity index (χ0) is 18.8. The van der Waals surface area contributed by atoms with Gasteiger partial charge in [0.1, 0.15) is 23.3 Å². The summed E-state index contributed by atoms with van der Waals surface area (Å²) in [6.07, 6.45) is 0.161. The van der Waals surface area contributed by atoms with Gasteiger partial charge in [-0.25, -0.2) is 9.37 Å². The zero-order valence-electron chi connectivity index (χ0n) is 14.3. The van der Waals surface area contributed by atoms with E-state index in [0.29, 0.717) is 11.3 Å². The molecular formula is C21H15FN4O. The lowest BCUT2D eigenvalue weighted by Crippen LogP contribution is -2.16. The molecular weight excluding hydrogens is 343 g/mol. The lowest BCUT2D eigenvalue weighted by Gasteiger charge is -2.15. The van der Waals surface area contributed by atoms with Crippen LogP contribution in [-0.4, -0.2) is 10.1 Å². The Balaban J connectivity index is 1.74. The van der Waals surface area contributed by atoms with Crippen molar-refractivity contribution in [1.29, 1.82) is 5.26 Å². The summed E-state index contributed by atoms with van der Waals surface area (Å²) in [5.41, 5.74) is 9.73. The molecule has 1 atom stereocenters. The van der Waals surface area contributed by atoms with Gasteiger partial charge in [0.15, 0.2) is 5.58 Å². The summed E-state index contributed by atoms with van der Waals surface area (Å²) >= 11 is 0. The molecule has 0 saturated heterocycles. The van der Waals surface area contributed by atoms with E-state index in [4.69, 9.17) is 15.5 Å². The summed E-state index contributed by atoms with van der Waals surface area (Å²) in [6.45, 7) is 0. The SMILES string of the molecule is N#Cc1ccc(F)c(C[C@H](N)c2ccccc2-c2noc3ccccc23)n1. The molecule has 2 aromatic heterocycles. The molecule has 4 rings (SSSR count). The number of pyridine rings is 1. The highest BCUT2D eigenvalue weighted by Crippen LogP contribution is 2.33. The highest BCUT2D eigenvalue weighted by Gasteiger charge is 2.19. The van der Waals surface area contributed by atoms with Crippen LogP contribution in [0.5, 0.6) is 0 Å². The van der Waals surface area contributed by atoms with Crippen molar-refractivity contribution < 1.29 is 8.91 Å². The van der Waals surface area contributed by atoms with Crippen LogP contribution >= 0.6 is 0 Å². The van der Waals surface area contributed by atoms with Crippen molar-refractivity contribution in [2.45, 2.75) is 12.5 Å². The van der Waals surface area contributed by atoms with Crippen LogP contribution in [0.15, 0.2) is 65.2 Å². The summed E-state index contributed by atoms with van der Waals surface area (Å²) in [7, 11) is 0. The van der Waals surface area contributed by atoms with Crippen LogP contribution in [0, 0.1) is 17.1 Å². The van der Waals surface area contributed by atoms with E-state index in [1.165, 1.54) is 12.1 Å². The highest BCUT2D eigenvalue weighted by atomic mass is 19.1. The molecule has 2 N–H and O–H groups in total. The van der Waals surface area contributed by atoms with Crippen molar-refractivity contribution in [3.05, 3.63) is 83.4 Å². The number of nitriles is 1. The van der Waals surface area contributed by atoms with Gasteiger partial charge in [-0.1, -0.05) is 41.6 Å². The van der Waals surface area contributed by atoms with Gasteiger partial charge in [-0.05, 0) is 29.8 Å². The van der Waals surface area contributed by atoms with Gasteiger partial charge in [0, 0.05) is 23.4 Å². The predicted octanol–water partition coefficient (Wildman–Crippen LogP) is 4.14. The van der Waals surface area contributed by atoms with Gasteiger partial charge in [0.2, 0.25) is 0 Å². The number of rotatable bonds is 4. The van der Waals surface area contributed by atoms with E-state index in [1.54, 1.807) is 0 Å². The predicted molar refractivity (Wildman–Crippen MR) is 99.0 cm³/mol. The molecule has 132 valence electrons. The highest BCUT2D eigenvalue weighted by molar-refractivity contribution is 5.92. The number of para-hydroxylation sites is 1. The maximum Gasteiger partial charge on any atom is 0.167 e. The number of hydrogen-bond donors (Lipinski definition) is 1. The first-order valence-corrected chi connectivity index (χ1v) is 8.42. The summed E-state index contributed by atoms with van der Waals surface area (Å²) in [5, 5.41) is 14.1. The summed E-state index contributed by atoms with van der Waals surface area (Å²) < 4.78 is 19.5. The van der Waals surface area contributed by atoms with Crippen LogP contribution in [0.3, 0.4) is 0 Å². The molecule has 0 saturated carbocycles. The molecule has 0 bridgehead atoms. The van der Waals surface area contributed by atoms with Crippen LogP contribution < -0.4 is 5.73 Å². The van der Waals surface area contributed by atoms with Crippen LogP contribution in [-0.2, 0) is 6.42 Å². The third-order valence-electron chi connectivity index (χ3n) is 4.44. The third kappa shape index (κ3) is 3.16. The lowest BCUT2D eigenvalue weighted by molar-refractivity contribution is 0.459. The van der Waals surface area contributed by atoms with E-state index in [-0.39, 0.29) is 17.8 Å². The molecule has 0 radical (unpaired) electrons. The number of nitrogens with two attached hydrogens (primary N) is 1. The molecule has 0 unspecified atom stereocenters. The van der Waals surface area contributed by atoms with E-state index in [0.717, 1.165) is 16.5 Å². The monoisotopic (exact) mass is 358 g/mol. The normalized spacial score (nSPS) is 12.0. The van der Waals surface area contributed by atoms with Crippen molar-refractivity contribution in [1.82, 2.24) is 10.1 Å². The number of benzene rings is 2. The van der Waals surface area contributed by atoms with E-state index in [1.807, 2.05) is 54.6 Å². The van der Waals surface area contributed by atoms with E-state index in [2.05, 4.69) is 10.1 Å². The first kappa shape index (κ1) is 16.9. The number of nitrogens with zero attached hydrogens (tertiary/aromatic N) is 3. The van der Waals surface area contributed by atoms with E-state index in [9.17, 15) is 4.39 Å². The molecule has 5 nitrogen and oxygen atoms in total. The van der Waals surface area contributed by atoms with Gasteiger partial charge in [0.05, 0.1) is 5.69 Å². The summed E-state index contributed by atoms with van der Waals surface area (Å²) in [5.74, 6) is -0.478. The Morgan fingerprint density at radius 3 is 2.70 bits per heavy atom. The minimum absolute atomic E-state index is 0.161. The number of halogens is 1. The Morgan fingerprint density at radius 2 is 1.85 bits per heavy atom. The molecule has 0 aliphatic heterocycles. The second kappa shape index (κ2) is 6.98. The quantitative estimate of drug-likeness (QED) is 0.592. The third-order valence-corrected chi connectivity index (χ3v) is 4.44. The van der Waals surface area contributed by atoms with Gasteiger partial charge in [-0.3, -0.25) is 0 Å².